The minimum absolute atomic E-state index is 0.0533. The van der Waals surface area contributed by atoms with E-state index < -0.39 is 5.91 Å². The number of nitriles is 1. The summed E-state index contributed by atoms with van der Waals surface area (Å²) in [6.45, 7) is 6.58. The highest BCUT2D eigenvalue weighted by molar-refractivity contribution is 6.32. The van der Waals surface area contributed by atoms with E-state index in [4.69, 9.17) is 21.1 Å². The van der Waals surface area contributed by atoms with E-state index >= 15 is 0 Å². The van der Waals surface area contributed by atoms with Gasteiger partial charge >= 0.3 is 0 Å². The van der Waals surface area contributed by atoms with Gasteiger partial charge in [-0.2, -0.15) is 5.26 Å². The molecule has 0 saturated carbocycles. The fourth-order valence-corrected chi connectivity index (χ4v) is 3.34. The molecule has 0 radical (unpaired) electrons. The molecule has 0 aromatic heterocycles. The van der Waals surface area contributed by atoms with Crippen LogP contribution in [0.4, 0.5) is 5.69 Å². The summed E-state index contributed by atoms with van der Waals surface area (Å²) in [5.74, 6) is 0.355. The van der Waals surface area contributed by atoms with Crippen LogP contribution in [0.2, 0.25) is 5.02 Å². The number of rotatable bonds is 8. The lowest BCUT2D eigenvalue weighted by Crippen LogP contribution is -2.13. The topological polar surface area (TPSA) is 71.3 Å². The van der Waals surface area contributed by atoms with E-state index in [1.807, 2.05) is 63.2 Å². The van der Waals surface area contributed by atoms with Gasteiger partial charge in [-0.3, -0.25) is 4.79 Å². The maximum absolute atomic E-state index is 12.6. The van der Waals surface area contributed by atoms with Crippen molar-refractivity contribution in [2.24, 2.45) is 0 Å². The fraction of sp³-hybridized carbons (Fsp3) is 0.185. The normalized spacial score (nSPS) is 10.9. The SMILES string of the molecule is CCOc1cc(/C=C(\C#N)C(=O)Nc2ccc(C)cc2)cc(Cl)c1OCc1ccc(C)cc1. The van der Waals surface area contributed by atoms with E-state index in [9.17, 15) is 10.1 Å². The third-order valence-corrected chi connectivity index (χ3v) is 5.10. The van der Waals surface area contributed by atoms with E-state index in [1.165, 1.54) is 11.6 Å². The Morgan fingerprint density at radius 3 is 2.27 bits per heavy atom. The highest BCUT2D eigenvalue weighted by Crippen LogP contribution is 2.38. The van der Waals surface area contributed by atoms with E-state index in [2.05, 4.69) is 5.32 Å². The number of halogens is 1. The van der Waals surface area contributed by atoms with Gasteiger partial charge in [0, 0.05) is 5.69 Å². The van der Waals surface area contributed by atoms with Crippen molar-refractivity contribution >= 4 is 29.3 Å². The second kappa shape index (κ2) is 11.2. The lowest BCUT2D eigenvalue weighted by atomic mass is 10.1. The molecule has 168 valence electrons. The molecule has 33 heavy (non-hydrogen) atoms. The van der Waals surface area contributed by atoms with Gasteiger partial charge in [0.1, 0.15) is 18.2 Å². The molecule has 0 bridgehead atoms. The van der Waals surface area contributed by atoms with Gasteiger partial charge in [0.25, 0.3) is 5.91 Å². The molecule has 0 aliphatic rings. The third kappa shape index (κ3) is 6.61. The molecule has 3 aromatic rings. The summed E-state index contributed by atoms with van der Waals surface area (Å²) in [5, 5.41) is 12.6. The zero-order valence-electron chi connectivity index (χ0n) is 18.8. The summed E-state index contributed by atoms with van der Waals surface area (Å²) >= 11 is 6.49. The molecule has 0 heterocycles. The number of nitrogens with one attached hydrogen (secondary N) is 1. The molecule has 0 saturated heterocycles. The molecule has 6 heteroatoms. The number of benzene rings is 3. The van der Waals surface area contributed by atoms with Crippen molar-refractivity contribution in [3.05, 3.63) is 93.5 Å². The Labute approximate surface area is 199 Å². The summed E-state index contributed by atoms with van der Waals surface area (Å²) in [5.41, 5.74) is 4.36. The monoisotopic (exact) mass is 460 g/mol. The molecular formula is C27H25ClN2O3. The van der Waals surface area contributed by atoms with Crippen molar-refractivity contribution < 1.29 is 14.3 Å². The predicted octanol–water partition coefficient (Wildman–Crippen LogP) is 6.48. The summed E-state index contributed by atoms with van der Waals surface area (Å²) < 4.78 is 11.7. The predicted molar refractivity (Wildman–Crippen MR) is 132 cm³/mol. The molecule has 0 atom stereocenters. The molecular weight excluding hydrogens is 436 g/mol. The molecule has 3 rings (SSSR count). The van der Waals surface area contributed by atoms with Crippen LogP contribution in [-0.4, -0.2) is 12.5 Å². The average molecular weight is 461 g/mol. The first kappa shape index (κ1) is 23.9. The van der Waals surface area contributed by atoms with Gasteiger partial charge < -0.3 is 14.8 Å². The Balaban J connectivity index is 1.83. The van der Waals surface area contributed by atoms with Crippen molar-refractivity contribution in [1.82, 2.24) is 0 Å². The summed E-state index contributed by atoms with van der Waals surface area (Å²) in [6.07, 6.45) is 1.47. The maximum Gasteiger partial charge on any atom is 0.266 e. The highest BCUT2D eigenvalue weighted by Gasteiger charge is 2.15. The Hall–Kier alpha value is -3.75. The molecule has 0 spiro atoms. The first-order valence-electron chi connectivity index (χ1n) is 10.5. The highest BCUT2D eigenvalue weighted by atomic mass is 35.5. The lowest BCUT2D eigenvalue weighted by molar-refractivity contribution is -0.112. The van der Waals surface area contributed by atoms with Crippen molar-refractivity contribution in [2.75, 3.05) is 11.9 Å². The Kier molecular flexibility index (Phi) is 8.12. The van der Waals surface area contributed by atoms with Crippen LogP contribution in [0.1, 0.15) is 29.2 Å². The molecule has 5 nitrogen and oxygen atoms in total. The van der Waals surface area contributed by atoms with Crippen molar-refractivity contribution in [3.8, 4) is 17.6 Å². The number of hydrogen-bond donors (Lipinski definition) is 1. The van der Waals surface area contributed by atoms with E-state index in [1.54, 1.807) is 24.3 Å². The zero-order valence-corrected chi connectivity index (χ0v) is 19.6. The van der Waals surface area contributed by atoms with Crippen molar-refractivity contribution in [3.63, 3.8) is 0 Å². The van der Waals surface area contributed by atoms with E-state index in [-0.39, 0.29) is 5.57 Å². The Morgan fingerprint density at radius 1 is 1.03 bits per heavy atom. The third-order valence-electron chi connectivity index (χ3n) is 4.82. The van der Waals surface area contributed by atoms with Gasteiger partial charge in [-0.15, -0.1) is 0 Å². The van der Waals surface area contributed by atoms with Crippen LogP contribution >= 0.6 is 11.6 Å². The number of nitrogens with zero attached hydrogens (tertiary/aromatic N) is 1. The van der Waals surface area contributed by atoms with Crippen LogP contribution in [0.15, 0.2) is 66.2 Å². The first-order valence-corrected chi connectivity index (χ1v) is 10.9. The quantitative estimate of drug-likeness (QED) is 0.308. The molecule has 1 N–H and O–H groups in total. The largest absolute Gasteiger partial charge is 0.490 e. The number of anilines is 1. The molecule has 1 amide bonds. The number of carbonyl (C=O) groups is 1. The fourth-order valence-electron chi connectivity index (χ4n) is 3.06. The van der Waals surface area contributed by atoms with E-state index in [0.29, 0.717) is 41.0 Å². The molecule has 0 aliphatic carbocycles. The van der Waals surface area contributed by atoms with Crippen LogP contribution in [0.3, 0.4) is 0 Å². The average Bonchev–Trinajstić information content (AvgIpc) is 2.79. The Bertz CT molecular complexity index is 1190. The number of ether oxygens (including phenoxy) is 2. The van der Waals surface area contributed by atoms with Crippen molar-refractivity contribution in [1.29, 1.82) is 5.26 Å². The second-order valence-corrected chi connectivity index (χ2v) is 7.93. The minimum Gasteiger partial charge on any atom is -0.490 e. The van der Waals surface area contributed by atoms with Gasteiger partial charge in [-0.1, -0.05) is 59.1 Å². The molecule has 0 fully saturated rings. The van der Waals surface area contributed by atoms with Crippen molar-refractivity contribution in [2.45, 2.75) is 27.4 Å². The summed E-state index contributed by atoms with van der Waals surface area (Å²) in [6, 6.07) is 20.7. The molecule has 0 unspecified atom stereocenters. The van der Waals surface area contributed by atoms with Gasteiger partial charge in [0.05, 0.1) is 11.6 Å². The van der Waals surface area contributed by atoms with Gasteiger partial charge in [-0.05, 0) is 62.2 Å². The molecule has 0 aliphatic heterocycles. The van der Waals surface area contributed by atoms with Crippen LogP contribution in [0.5, 0.6) is 11.5 Å². The standard InChI is InChI=1S/C27H25ClN2O3/c1-4-32-25-15-21(13-22(16-29)27(31)30-23-11-7-19(3)8-12-23)14-24(28)26(25)33-17-20-9-5-18(2)6-10-20/h5-15H,4,17H2,1-3H3,(H,30,31)/b22-13+. The van der Waals surface area contributed by atoms with Crippen LogP contribution < -0.4 is 14.8 Å². The first-order chi connectivity index (χ1) is 15.9. The van der Waals surface area contributed by atoms with Gasteiger partial charge in [0.15, 0.2) is 11.5 Å². The Morgan fingerprint density at radius 2 is 1.67 bits per heavy atom. The smallest absolute Gasteiger partial charge is 0.266 e. The molecule has 3 aromatic carbocycles. The maximum atomic E-state index is 12.6. The lowest BCUT2D eigenvalue weighted by Gasteiger charge is -2.15. The number of hydrogen-bond acceptors (Lipinski definition) is 4. The number of aryl methyl sites for hydroxylation is 2. The minimum atomic E-state index is -0.505. The summed E-state index contributed by atoms with van der Waals surface area (Å²) in [7, 11) is 0. The second-order valence-electron chi connectivity index (χ2n) is 7.53. The van der Waals surface area contributed by atoms with Crippen LogP contribution in [0.25, 0.3) is 6.08 Å². The van der Waals surface area contributed by atoms with Gasteiger partial charge in [-0.25, -0.2) is 0 Å². The zero-order chi connectivity index (χ0) is 23.8. The van der Waals surface area contributed by atoms with Crippen LogP contribution in [-0.2, 0) is 11.4 Å². The summed E-state index contributed by atoms with van der Waals surface area (Å²) in [4.78, 5) is 12.6. The number of carbonyl (C=O) groups excluding carboxylic acids is 1. The van der Waals surface area contributed by atoms with Gasteiger partial charge in [0.2, 0.25) is 0 Å². The van der Waals surface area contributed by atoms with Crippen LogP contribution in [0, 0.1) is 25.2 Å². The number of amides is 1. The van der Waals surface area contributed by atoms with E-state index in [0.717, 1.165) is 11.1 Å².